The Morgan fingerprint density at radius 2 is 2.12 bits per heavy atom. The molecule has 4 heteroatoms. The molecule has 1 N–H and O–H groups in total. The molecular weight excluding hydrogens is 241 g/mol. The smallest absolute Gasteiger partial charge is 0.183 e. The average Bonchev–Trinajstić information content (AvgIpc) is 2.33. The molecule has 0 saturated heterocycles. The Hall–Kier alpha value is -0.800. The molecule has 0 radical (unpaired) electrons. The molecular formula is C13H19ClFNO. The predicted molar refractivity (Wildman–Crippen MR) is 69.3 cm³/mol. The number of benzene rings is 1. The van der Waals surface area contributed by atoms with Crippen LogP contribution in [-0.4, -0.2) is 19.7 Å². The van der Waals surface area contributed by atoms with E-state index in [-0.39, 0.29) is 10.8 Å². The topological polar surface area (TPSA) is 21.3 Å². The first-order valence-corrected chi connectivity index (χ1v) is 6.41. The summed E-state index contributed by atoms with van der Waals surface area (Å²) in [6.45, 7) is 4.65. The third kappa shape index (κ3) is 5.37. The molecule has 0 aromatic heterocycles. The third-order valence-corrected chi connectivity index (χ3v) is 2.71. The maximum absolute atomic E-state index is 13.4. The molecule has 1 aromatic carbocycles. The van der Waals surface area contributed by atoms with Gasteiger partial charge in [0.15, 0.2) is 11.6 Å². The molecule has 1 rings (SSSR count). The van der Waals surface area contributed by atoms with Crippen molar-refractivity contribution < 1.29 is 9.13 Å². The van der Waals surface area contributed by atoms with E-state index in [1.807, 2.05) is 0 Å². The van der Waals surface area contributed by atoms with Gasteiger partial charge in [-0.1, -0.05) is 24.6 Å². The van der Waals surface area contributed by atoms with E-state index in [1.54, 1.807) is 12.1 Å². The number of nitrogens with one attached hydrogen (secondary N) is 1. The molecule has 0 unspecified atom stereocenters. The van der Waals surface area contributed by atoms with Crippen LogP contribution in [0.5, 0.6) is 5.75 Å². The molecule has 0 spiro atoms. The van der Waals surface area contributed by atoms with Crippen LogP contribution in [0.15, 0.2) is 18.2 Å². The fraction of sp³-hybridized carbons (Fsp3) is 0.538. The SMILES string of the molecule is CCNCCCCCOc1cccc(Cl)c1F. The van der Waals surface area contributed by atoms with Gasteiger partial charge in [-0.2, -0.15) is 0 Å². The van der Waals surface area contributed by atoms with Crippen LogP contribution in [0.3, 0.4) is 0 Å². The second kappa shape index (κ2) is 8.31. The van der Waals surface area contributed by atoms with E-state index in [0.29, 0.717) is 6.61 Å². The summed E-state index contributed by atoms with van der Waals surface area (Å²) in [6, 6.07) is 4.80. The second-order valence-corrected chi connectivity index (χ2v) is 4.22. The summed E-state index contributed by atoms with van der Waals surface area (Å²) in [5, 5.41) is 3.36. The standard InChI is InChI=1S/C13H19ClFNO/c1-2-16-9-4-3-5-10-17-12-8-6-7-11(14)13(12)15/h6-8,16H,2-5,9-10H2,1H3. The van der Waals surface area contributed by atoms with E-state index in [0.717, 1.165) is 32.4 Å². The van der Waals surface area contributed by atoms with Crippen LogP contribution < -0.4 is 10.1 Å². The van der Waals surface area contributed by atoms with Gasteiger partial charge in [-0.05, 0) is 44.5 Å². The summed E-state index contributed by atoms with van der Waals surface area (Å²) in [7, 11) is 0. The van der Waals surface area contributed by atoms with Gasteiger partial charge >= 0.3 is 0 Å². The highest BCUT2D eigenvalue weighted by Gasteiger charge is 2.06. The van der Waals surface area contributed by atoms with Gasteiger partial charge in [-0.25, -0.2) is 4.39 Å². The van der Waals surface area contributed by atoms with Crippen molar-refractivity contribution in [2.75, 3.05) is 19.7 Å². The lowest BCUT2D eigenvalue weighted by atomic mass is 10.2. The van der Waals surface area contributed by atoms with Crippen LogP contribution >= 0.6 is 11.6 Å². The van der Waals surface area contributed by atoms with Crippen molar-refractivity contribution in [2.45, 2.75) is 26.2 Å². The van der Waals surface area contributed by atoms with Crippen LogP contribution in [0.2, 0.25) is 5.02 Å². The van der Waals surface area contributed by atoms with Crippen molar-refractivity contribution in [2.24, 2.45) is 0 Å². The molecule has 2 nitrogen and oxygen atoms in total. The predicted octanol–water partition coefficient (Wildman–Crippen LogP) is 3.64. The first-order chi connectivity index (χ1) is 8.25. The van der Waals surface area contributed by atoms with E-state index in [2.05, 4.69) is 12.2 Å². The Morgan fingerprint density at radius 3 is 2.88 bits per heavy atom. The lowest BCUT2D eigenvalue weighted by Gasteiger charge is -2.07. The first kappa shape index (κ1) is 14.3. The molecule has 17 heavy (non-hydrogen) atoms. The minimum atomic E-state index is -0.471. The monoisotopic (exact) mass is 259 g/mol. The molecule has 96 valence electrons. The number of ether oxygens (including phenoxy) is 1. The van der Waals surface area contributed by atoms with Gasteiger partial charge in [0, 0.05) is 0 Å². The first-order valence-electron chi connectivity index (χ1n) is 6.03. The van der Waals surface area contributed by atoms with Crippen LogP contribution in [0.1, 0.15) is 26.2 Å². The third-order valence-electron chi connectivity index (χ3n) is 2.42. The van der Waals surface area contributed by atoms with Crippen molar-refractivity contribution in [3.05, 3.63) is 29.0 Å². The van der Waals surface area contributed by atoms with E-state index >= 15 is 0 Å². The van der Waals surface area contributed by atoms with E-state index in [4.69, 9.17) is 16.3 Å². The van der Waals surface area contributed by atoms with Crippen LogP contribution in [0.4, 0.5) is 4.39 Å². The molecule has 0 aliphatic carbocycles. The number of hydrogen-bond donors (Lipinski definition) is 1. The summed E-state index contributed by atoms with van der Waals surface area (Å²) in [5.41, 5.74) is 0. The maximum atomic E-state index is 13.4. The van der Waals surface area contributed by atoms with Crippen LogP contribution in [0.25, 0.3) is 0 Å². The zero-order valence-electron chi connectivity index (χ0n) is 10.1. The highest BCUT2D eigenvalue weighted by atomic mass is 35.5. The molecule has 0 atom stereocenters. The summed E-state index contributed by atoms with van der Waals surface area (Å²) in [5.74, 6) is -0.231. The highest BCUT2D eigenvalue weighted by molar-refractivity contribution is 6.30. The Morgan fingerprint density at radius 1 is 1.29 bits per heavy atom. The average molecular weight is 260 g/mol. The fourth-order valence-corrected chi connectivity index (χ4v) is 1.65. The van der Waals surface area contributed by atoms with Gasteiger partial charge in [0.2, 0.25) is 0 Å². The van der Waals surface area contributed by atoms with E-state index in [1.165, 1.54) is 6.07 Å². The van der Waals surface area contributed by atoms with Gasteiger partial charge in [0.05, 0.1) is 11.6 Å². The Bertz CT molecular complexity index is 333. The van der Waals surface area contributed by atoms with Gasteiger partial charge < -0.3 is 10.1 Å². The normalized spacial score (nSPS) is 10.5. The summed E-state index contributed by atoms with van der Waals surface area (Å²) in [4.78, 5) is 0. The molecule has 0 bridgehead atoms. The Labute approximate surface area is 107 Å². The van der Waals surface area contributed by atoms with Crippen molar-refractivity contribution in [1.29, 1.82) is 0 Å². The molecule has 0 aliphatic heterocycles. The summed E-state index contributed by atoms with van der Waals surface area (Å²) in [6.07, 6.45) is 3.13. The van der Waals surface area contributed by atoms with E-state index in [9.17, 15) is 4.39 Å². The molecule has 0 amide bonds. The minimum Gasteiger partial charge on any atom is -0.490 e. The molecule has 0 fully saturated rings. The quantitative estimate of drug-likeness (QED) is 0.720. The maximum Gasteiger partial charge on any atom is 0.183 e. The molecule has 1 aromatic rings. The van der Waals surface area contributed by atoms with Crippen LogP contribution in [0, 0.1) is 5.82 Å². The van der Waals surface area contributed by atoms with Crippen LogP contribution in [-0.2, 0) is 0 Å². The van der Waals surface area contributed by atoms with Gasteiger partial charge in [0.25, 0.3) is 0 Å². The van der Waals surface area contributed by atoms with Crippen molar-refractivity contribution in [3.63, 3.8) is 0 Å². The largest absolute Gasteiger partial charge is 0.490 e. The molecule has 0 saturated carbocycles. The van der Waals surface area contributed by atoms with Gasteiger partial charge in [-0.15, -0.1) is 0 Å². The van der Waals surface area contributed by atoms with Gasteiger partial charge in [0.1, 0.15) is 0 Å². The minimum absolute atomic E-state index is 0.106. The number of hydrogen-bond acceptors (Lipinski definition) is 2. The Kier molecular flexibility index (Phi) is 6.97. The van der Waals surface area contributed by atoms with E-state index < -0.39 is 5.82 Å². The molecule has 0 aliphatic rings. The number of halogens is 2. The van der Waals surface area contributed by atoms with Crippen molar-refractivity contribution in [1.82, 2.24) is 5.32 Å². The van der Waals surface area contributed by atoms with Gasteiger partial charge in [-0.3, -0.25) is 0 Å². The van der Waals surface area contributed by atoms with Crippen molar-refractivity contribution >= 4 is 11.6 Å². The lowest BCUT2D eigenvalue weighted by Crippen LogP contribution is -2.14. The highest BCUT2D eigenvalue weighted by Crippen LogP contribution is 2.24. The lowest BCUT2D eigenvalue weighted by molar-refractivity contribution is 0.290. The number of rotatable bonds is 8. The zero-order valence-corrected chi connectivity index (χ0v) is 10.9. The Balaban J connectivity index is 2.16. The summed E-state index contributed by atoms with van der Waals surface area (Å²) >= 11 is 5.65. The number of unbranched alkanes of at least 4 members (excludes halogenated alkanes) is 2. The summed E-state index contributed by atoms with van der Waals surface area (Å²) < 4.78 is 18.8. The second-order valence-electron chi connectivity index (χ2n) is 3.81. The molecule has 0 heterocycles. The zero-order chi connectivity index (χ0) is 12.5. The fourth-order valence-electron chi connectivity index (χ4n) is 1.48. The van der Waals surface area contributed by atoms with Crippen molar-refractivity contribution in [3.8, 4) is 5.75 Å².